The first-order valence-electron chi connectivity index (χ1n) is 7.35. The predicted molar refractivity (Wildman–Crippen MR) is 79.6 cm³/mol. The molecule has 1 aliphatic rings. The van der Waals surface area contributed by atoms with Crippen LogP contribution in [0.25, 0.3) is 0 Å². The van der Waals surface area contributed by atoms with E-state index >= 15 is 0 Å². The van der Waals surface area contributed by atoms with Gasteiger partial charge in [-0.05, 0) is 34.1 Å². The number of rotatable bonds is 4. The molecule has 1 fully saturated rings. The van der Waals surface area contributed by atoms with Gasteiger partial charge < -0.3 is 14.8 Å². The van der Waals surface area contributed by atoms with Crippen LogP contribution in [0.4, 0.5) is 0 Å². The fourth-order valence-corrected chi connectivity index (χ4v) is 2.70. The Balaban J connectivity index is 2.25. The van der Waals surface area contributed by atoms with Gasteiger partial charge in [0, 0.05) is 25.5 Å². The van der Waals surface area contributed by atoms with Crippen LogP contribution in [0.5, 0.6) is 0 Å². The van der Waals surface area contributed by atoms with E-state index in [0.29, 0.717) is 19.5 Å². The normalized spacial score (nSPS) is 25.1. The van der Waals surface area contributed by atoms with Gasteiger partial charge in [0.15, 0.2) is 0 Å². The quantitative estimate of drug-likeness (QED) is 0.903. The second-order valence-corrected chi connectivity index (χ2v) is 6.33. The number of carbonyl (C=O) groups excluding carboxylic acids is 2. The van der Waals surface area contributed by atoms with Crippen molar-refractivity contribution in [3.63, 3.8) is 0 Å². The van der Waals surface area contributed by atoms with Crippen molar-refractivity contribution in [2.24, 2.45) is 0 Å². The molecule has 0 spiro atoms. The van der Waals surface area contributed by atoms with Crippen LogP contribution < -0.4 is 5.32 Å². The molecule has 1 unspecified atom stereocenters. The highest BCUT2D eigenvalue weighted by atomic mass is 16.2. The summed E-state index contributed by atoms with van der Waals surface area (Å²) >= 11 is 0. The largest absolute Gasteiger partial charge is 0.340 e. The predicted octanol–water partition coefficient (Wildman–Crippen LogP) is 1.10. The second kappa shape index (κ2) is 5.16. The molecule has 0 aromatic carbocycles. The van der Waals surface area contributed by atoms with E-state index in [1.807, 2.05) is 31.5 Å². The molecule has 1 aromatic rings. The lowest BCUT2D eigenvalue weighted by Gasteiger charge is -2.49. The molecule has 116 valence electrons. The van der Waals surface area contributed by atoms with Crippen molar-refractivity contribution in [1.29, 1.82) is 0 Å². The first kappa shape index (κ1) is 15.5. The van der Waals surface area contributed by atoms with Crippen molar-refractivity contribution in [1.82, 2.24) is 19.8 Å². The SMILES string of the molecule is CCC1(C)C(=O)NC(C)(C)C(=O)N1CCn1ccnc1C. The van der Waals surface area contributed by atoms with Crippen LogP contribution >= 0.6 is 0 Å². The molecular formula is C15H24N4O2. The van der Waals surface area contributed by atoms with Gasteiger partial charge in [-0.2, -0.15) is 0 Å². The van der Waals surface area contributed by atoms with E-state index in [2.05, 4.69) is 10.3 Å². The van der Waals surface area contributed by atoms with Crippen molar-refractivity contribution in [2.45, 2.75) is 58.7 Å². The third-order valence-corrected chi connectivity index (χ3v) is 4.47. The topological polar surface area (TPSA) is 67.2 Å². The van der Waals surface area contributed by atoms with Gasteiger partial charge in [-0.1, -0.05) is 6.92 Å². The molecule has 21 heavy (non-hydrogen) atoms. The zero-order chi connectivity index (χ0) is 15.8. The van der Waals surface area contributed by atoms with E-state index in [4.69, 9.17) is 0 Å². The lowest BCUT2D eigenvalue weighted by atomic mass is 9.86. The molecular weight excluding hydrogens is 268 g/mol. The van der Waals surface area contributed by atoms with Crippen LogP contribution in [0.1, 0.15) is 39.9 Å². The molecule has 0 aliphatic carbocycles. The van der Waals surface area contributed by atoms with Gasteiger partial charge in [0.1, 0.15) is 16.9 Å². The molecule has 1 saturated heterocycles. The molecule has 2 heterocycles. The number of aryl methyl sites for hydroxylation is 1. The Morgan fingerprint density at radius 3 is 2.43 bits per heavy atom. The summed E-state index contributed by atoms with van der Waals surface area (Å²) in [4.78, 5) is 31.0. The lowest BCUT2D eigenvalue weighted by molar-refractivity contribution is -0.161. The number of nitrogens with one attached hydrogen (secondary N) is 1. The number of hydrogen-bond donors (Lipinski definition) is 1. The van der Waals surface area contributed by atoms with Crippen LogP contribution in [-0.2, 0) is 16.1 Å². The maximum Gasteiger partial charge on any atom is 0.248 e. The Morgan fingerprint density at radius 1 is 1.24 bits per heavy atom. The maximum atomic E-state index is 12.7. The third kappa shape index (κ3) is 2.54. The molecule has 0 radical (unpaired) electrons. The monoisotopic (exact) mass is 292 g/mol. The molecule has 2 rings (SSSR count). The second-order valence-electron chi connectivity index (χ2n) is 6.33. The van der Waals surface area contributed by atoms with Crippen LogP contribution in [0.2, 0.25) is 0 Å². The van der Waals surface area contributed by atoms with Gasteiger partial charge >= 0.3 is 0 Å². The minimum absolute atomic E-state index is 0.0378. The van der Waals surface area contributed by atoms with E-state index in [9.17, 15) is 9.59 Å². The molecule has 1 aromatic heterocycles. The van der Waals surface area contributed by atoms with Crippen molar-refractivity contribution in [2.75, 3.05) is 6.54 Å². The molecule has 2 amide bonds. The smallest absolute Gasteiger partial charge is 0.248 e. The third-order valence-electron chi connectivity index (χ3n) is 4.47. The van der Waals surface area contributed by atoms with Gasteiger partial charge in [-0.3, -0.25) is 9.59 Å². The summed E-state index contributed by atoms with van der Waals surface area (Å²) in [6.45, 7) is 10.3. The minimum atomic E-state index is -0.851. The van der Waals surface area contributed by atoms with E-state index in [0.717, 1.165) is 5.82 Å². The Morgan fingerprint density at radius 2 is 1.90 bits per heavy atom. The van der Waals surface area contributed by atoms with Crippen LogP contribution in [0, 0.1) is 6.92 Å². The maximum absolute atomic E-state index is 12.7. The van der Waals surface area contributed by atoms with Crippen LogP contribution in [-0.4, -0.2) is 43.9 Å². The molecule has 6 nitrogen and oxygen atoms in total. The number of aromatic nitrogens is 2. The fraction of sp³-hybridized carbons (Fsp3) is 0.667. The van der Waals surface area contributed by atoms with Crippen LogP contribution in [0.15, 0.2) is 12.4 Å². The summed E-state index contributed by atoms with van der Waals surface area (Å²) < 4.78 is 1.99. The number of nitrogens with zero attached hydrogens (tertiary/aromatic N) is 3. The summed E-state index contributed by atoms with van der Waals surface area (Å²) in [6, 6.07) is 0. The van der Waals surface area contributed by atoms with E-state index in [1.54, 1.807) is 24.9 Å². The summed E-state index contributed by atoms with van der Waals surface area (Å²) in [5.74, 6) is 0.780. The molecule has 1 aliphatic heterocycles. The van der Waals surface area contributed by atoms with Crippen molar-refractivity contribution in [3.8, 4) is 0 Å². The van der Waals surface area contributed by atoms with E-state index < -0.39 is 11.1 Å². The van der Waals surface area contributed by atoms with Crippen molar-refractivity contribution < 1.29 is 9.59 Å². The van der Waals surface area contributed by atoms with E-state index in [-0.39, 0.29) is 11.8 Å². The zero-order valence-electron chi connectivity index (χ0n) is 13.4. The van der Waals surface area contributed by atoms with Gasteiger partial charge in [0.25, 0.3) is 0 Å². The zero-order valence-corrected chi connectivity index (χ0v) is 13.4. The molecule has 0 saturated carbocycles. The molecule has 0 bridgehead atoms. The van der Waals surface area contributed by atoms with Gasteiger partial charge in [0.2, 0.25) is 11.8 Å². The average molecular weight is 292 g/mol. The summed E-state index contributed by atoms with van der Waals surface area (Å²) in [5, 5.41) is 2.83. The number of piperazine rings is 1. The summed E-state index contributed by atoms with van der Waals surface area (Å²) in [6.07, 6.45) is 4.21. The highest BCUT2D eigenvalue weighted by Gasteiger charge is 2.51. The Kier molecular flexibility index (Phi) is 3.82. The Bertz CT molecular complexity index is 564. The lowest BCUT2D eigenvalue weighted by Crippen LogP contribution is -2.73. The van der Waals surface area contributed by atoms with Crippen molar-refractivity contribution in [3.05, 3.63) is 18.2 Å². The van der Waals surface area contributed by atoms with Gasteiger partial charge in [0.05, 0.1) is 0 Å². The highest BCUT2D eigenvalue weighted by molar-refractivity contribution is 6.01. The number of imidazole rings is 1. The van der Waals surface area contributed by atoms with Gasteiger partial charge in [-0.15, -0.1) is 0 Å². The fourth-order valence-electron chi connectivity index (χ4n) is 2.70. The van der Waals surface area contributed by atoms with Gasteiger partial charge in [-0.25, -0.2) is 4.98 Å². The number of carbonyl (C=O) groups is 2. The molecule has 1 N–H and O–H groups in total. The standard InChI is InChI=1S/C15H24N4O2/c1-6-15(5)12(20)17-14(3,4)13(21)19(15)10-9-18-8-7-16-11(18)2/h7-8H,6,9-10H2,1-5H3,(H,17,20). The number of amides is 2. The highest BCUT2D eigenvalue weighted by Crippen LogP contribution is 2.28. The average Bonchev–Trinajstić information content (AvgIpc) is 2.82. The van der Waals surface area contributed by atoms with Crippen molar-refractivity contribution >= 4 is 11.8 Å². The first-order valence-corrected chi connectivity index (χ1v) is 7.35. The van der Waals surface area contributed by atoms with Crippen LogP contribution in [0.3, 0.4) is 0 Å². The Hall–Kier alpha value is -1.85. The molecule has 6 heteroatoms. The van der Waals surface area contributed by atoms with E-state index in [1.165, 1.54) is 0 Å². The summed E-state index contributed by atoms with van der Waals surface area (Å²) in [7, 11) is 0. The Labute approximate surface area is 125 Å². The molecule has 1 atom stereocenters. The first-order chi connectivity index (χ1) is 9.72. The minimum Gasteiger partial charge on any atom is -0.340 e. The summed E-state index contributed by atoms with van der Waals surface area (Å²) in [5.41, 5.74) is -1.64. The number of hydrogen-bond acceptors (Lipinski definition) is 3.